The molecule has 0 aliphatic heterocycles. The molecule has 1 heterocycles. The van der Waals surface area contributed by atoms with E-state index in [0.717, 1.165) is 37.1 Å². The first-order chi connectivity index (χ1) is 8.79. The van der Waals surface area contributed by atoms with Gasteiger partial charge in [-0.1, -0.05) is 12.1 Å². The van der Waals surface area contributed by atoms with Crippen molar-refractivity contribution in [3.63, 3.8) is 0 Å². The lowest BCUT2D eigenvalue weighted by Crippen LogP contribution is -2.14. The van der Waals surface area contributed by atoms with Crippen LogP contribution in [-0.4, -0.2) is 11.5 Å². The van der Waals surface area contributed by atoms with E-state index in [1.165, 1.54) is 10.9 Å². The highest BCUT2D eigenvalue weighted by atomic mass is 14.8. The Labute approximate surface area is 108 Å². The van der Waals surface area contributed by atoms with Gasteiger partial charge in [-0.3, -0.25) is 4.98 Å². The number of fused-ring (bicyclic) bond motifs is 1. The molecule has 1 aromatic heterocycles. The van der Waals surface area contributed by atoms with Gasteiger partial charge in [-0.15, -0.1) is 12.3 Å². The van der Waals surface area contributed by atoms with E-state index >= 15 is 0 Å². The van der Waals surface area contributed by atoms with Crippen LogP contribution >= 0.6 is 0 Å². The average Bonchev–Trinajstić information content (AvgIpc) is 2.38. The van der Waals surface area contributed by atoms with E-state index in [9.17, 15) is 0 Å². The molecule has 1 N–H and O–H groups in total. The van der Waals surface area contributed by atoms with Crippen LogP contribution in [0.1, 0.15) is 24.1 Å². The largest absolute Gasteiger partial charge is 0.313 e. The number of terminal acetylenes is 1. The minimum Gasteiger partial charge on any atom is -0.313 e. The molecule has 92 valence electrons. The van der Waals surface area contributed by atoms with Gasteiger partial charge in [0.05, 0.1) is 5.52 Å². The SMILES string of the molecule is C#CCCCNCc1ccc2nc(C)ccc2c1. The lowest BCUT2D eigenvalue weighted by molar-refractivity contribution is 0.659. The summed E-state index contributed by atoms with van der Waals surface area (Å²) in [4.78, 5) is 4.49. The fraction of sp³-hybridized carbons (Fsp3) is 0.312. The number of hydrogen-bond acceptors (Lipinski definition) is 2. The summed E-state index contributed by atoms with van der Waals surface area (Å²) in [6, 6.07) is 10.6. The van der Waals surface area contributed by atoms with Crippen molar-refractivity contribution in [2.45, 2.75) is 26.3 Å². The van der Waals surface area contributed by atoms with Crippen LogP contribution in [0.4, 0.5) is 0 Å². The second-order valence-electron chi connectivity index (χ2n) is 4.46. The number of rotatable bonds is 5. The van der Waals surface area contributed by atoms with Crippen LogP contribution in [0, 0.1) is 19.3 Å². The Hall–Kier alpha value is -1.85. The molecular weight excluding hydrogens is 220 g/mol. The molecule has 2 heteroatoms. The third kappa shape index (κ3) is 3.32. The maximum atomic E-state index is 5.21. The first kappa shape index (κ1) is 12.6. The van der Waals surface area contributed by atoms with Crippen LogP contribution in [0.3, 0.4) is 0 Å². The van der Waals surface area contributed by atoms with E-state index in [2.05, 4.69) is 40.5 Å². The van der Waals surface area contributed by atoms with Gasteiger partial charge >= 0.3 is 0 Å². The number of nitrogens with zero attached hydrogens (tertiary/aromatic N) is 1. The normalized spacial score (nSPS) is 10.4. The van der Waals surface area contributed by atoms with Crippen molar-refractivity contribution in [2.75, 3.05) is 6.54 Å². The van der Waals surface area contributed by atoms with E-state index in [-0.39, 0.29) is 0 Å². The molecular formula is C16H18N2. The van der Waals surface area contributed by atoms with E-state index in [4.69, 9.17) is 6.42 Å². The summed E-state index contributed by atoms with van der Waals surface area (Å²) < 4.78 is 0. The zero-order chi connectivity index (χ0) is 12.8. The topological polar surface area (TPSA) is 24.9 Å². The molecule has 1 aromatic carbocycles. The molecule has 0 saturated heterocycles. The second-order valence-corrected chi connectivity index (χ2v) is 4.46. The van der Waals surface area contributed by atoms with Crippen molar-refractivity contribution in [3.8, 4) is 12.3 Å². The molecule has 0 aliphatic carbocycles. The van der Waals surface area contributed by atoms with E-state index < -0.39 is 0 Å². The average molecular weight is 238 g/mol. The Morgan fingerprint density at radius 2 is 2.17 bits per heavy atom. The molecule has 2 rings (SSSR count). The maximum absolute atomic E-state index is 5.21. The van der Waals surface area contributed by atoms with E-state index in [0.29, 0.717) is 0 Å². The summed E-state index contributed by atoms with van der Waals surface area (Å²) >= 11 is 0. The summed E-state index contributed by atoms with van der Waals surface area (Å²) in [5.74, 6) is 2.65. The molecule has 18 heavy (non-hydrogen) atoms. The third-order valence-electron chi connectivity index (χ3n) is 2.90. The molecule has 0 spiro atoms. The van der Waals surface area contributed by atoms with Crippen LogP contribution in [0.2, 0.25) is 0 Å². The number of benzene rings is 1. The van der Waals surface area contributed by atoms with Crippen molar-refractivity contribution in [1.29, 1.82) is 0 Å². The molecule has 0 radical (unpaired) electrons. The number of hydrogen-bond donors (Lipinski definition) is 1. The van der Waals surface area contributed by atoms with Crippen LogP contribution in [0.15, 0.2) is 30.3 Å². The second kappa shape index (κ2) is 6.18. The molecule has 0 unspecified atom stereocenters. The molecule has 2 nitrogen and oxygen atoms in total. The predicted octanol–water partition coefficient (Wildman–Crippen LogP) is 3.05. The number of aromatic nitrogens is 1. The van der Waals surface area contributed by atoms with Crippen molar-refractivity contribution >= 4 is 10.9 Å². The Bertz CT molecular complexity index is 567. The zero-order valence-electron chi connectivity index (χ0n) is 10.7. The van der Waals surface area contributed by atoms with Crippen LogP contribution < -0.4 is 5.32 Å². The molecule has 0 bridgehead atoms. The van der Waals surface area contributed by atoms with Crippen LogP contribution in [0.5, 0.6) is 0 Å². The van der Waals surface area contributed by atoms with Gasteiger partial charge in [0.2, 0.25) is 0 Å². The number of pyridine rings is 1. The molecule has 0 aliphatic rings. The van der Waals surface area contributed by atoms with Gasteiger partial charge in [-0.25, -0.2) is 0 Å². The van der Waals surface area contributed by atoms with E-state index in [1.54, 1.807) is 0 Å². The minimum atomic E-state index is 0.841. The molecule has 0 saturated carbocycles. The highest BCUT2D eigenvalue weighted by Crippen LogP contribution is 2.14. The molecule has 2 aromatic rings. The number of aryl methyl sites for hydroxylation is 1. The van der Waals surface area contributed by atoms with Crippen molar-refractivity contribution in [3.05, 3.63) is 41.6 Å². The highest BCUT2D eigenvalue weighted by Gasteiger charge is 1.98. The standard InChI is InChI=1S/C16H18N2/c1-3-4-5-10-17-12-14-7-9-16-15(11-14)8-6-13(2)18-16/h1,6-9,11,17H,4-5,10,12H2,2H3. The first-order valence-electron chi connectivity index (χ1n) is 6.30. The van der Waals surface area contributed by atoms with Crippen LogP contribution in [-0.2, 0) is 6.54 Å². The van der Waals surface area contributed by atoms with Gasteiger partial charge in [-0.2, -0.15) is 0 Å². The zero-order valence-corrected chi connectivity index (χ0v) is 10.7. The molecule has 0 fully saturated rings. The highest BCUT2D eigenvalue weighted by molar-refractivity contribution is 5.79. The van der Waals surface area contributed by atoms with Crippen molar-refractivity contribution in [2.24, 2.45) is 0 Å². The van der Waals surface area contributed by atoms with Gasteiger partial charge in [0.15, 0.2) is 0 Å². The Kier molecular flexibility index (Phi) is 4.33. The lowest BCUT2D eigenvalue weighted by Gasteiger charge is -2.05. The number of unbranched alkanes of at least 4 members (excludes halogenated alkanes) is 1. The maximum Gasteiger partial charge on any atom is 0.0705 e. The summed E-state index contributed by atoms with van der Waals surface area (Å²) in [7, 11) is 0. The fourth-order valence-corrected chi connectivity index (χ4v) is 1.94. The quantitative estimate of drug-likeness (QED) is 0.639. The summed E-state index contributed by atoms with van der Waals surface area (Å²) in [5.41, 5.74) is 3.41. The van der Waals surface area contributed by atoms with Gasteiger partial charge in [-0.05, 0) is 43.7 Å². The summed E-state index contributed by atoms with van der Waals surface area (Å²) in [5, 5.41) is 4.59. The van der Waals surface area contributed by atoms with Crippen LogP contribution in [0.25, 0.3) is 10.9 Å². The fourth-order valence-electron chi connectivity index (χ4n) is 1.94. The van der Waals surface area contributed by atoms with Gasteiger partial charge in [0.1, 0.15) is 0 Å². The van der Waals surface area contributed by atoms with E-state index in [1.807, 2.05) is 13.0 Å². The smallest absolute Gasteiger partial charge is 0.0705 e. The Morgan fingerprint density at radius 3 is 3.00 bits per heavy atom. The van der Waals surface area contributed by atoms with Gasteiger partial charge in [0.25, 0.3) is 0 Å². The lowest BCUT2D eigenvalue weighted by atomic mass is 10.1. The summed E-state index contributed by atoms with van der Waals surface area (Å²) in [6.07, 6.45) is 7.09. The van der Waals surface area contributed by atoms with Crippen molar-refractivity contribution in [1.82, 2.24) is 10.3 Å². The first-order valence-corrected chi connectivity index (χ1v) is 6.30. The monoisotopic (exact) mass is 238 g/mol. The Morgan fingerprint density at radius 1 is 1.28 bits per heavy atom. The molecule has 0 amide bonds. The van der Waals surface area contributed by atoms with Crippen molar-refractivity contribution < 1.29 is 0 Å². The Balaban J connectivity index is 1.98. The number of nitrogens with one attached hydrogen (secondary N) is 1. The summed E-state index contributed by atoms with van der Waals surface area (Å²) in [6.45, 7) is 3.86. The minimum absolute atomic E-state index is 0.841. The van der Waals surface area contributed by atoms with Gasteiger partial charge < -0.3 is 5.32 Å². The predicted molar refractivity (Wildman–Crippen MR) is 76.3 cm³/mol. The third-order valence-corrected chi connectivity index (χ3v) is 2.90. The molecule has 0 atom stereocenters. The van der Waals surface area contributed by atoms with Gasteiger partial charge in [0, 0.05) is 24.0 Å².